The number of hydrogen-bond donors (Lipinski definition) is 1. The molecule has 0 radical (unpaired) electrons. The molecule has 0 bridgehead atoms. The Morgan fingerprint density at radius 1 is 1.44 bits per heavy atom. The molecule has 0 aliphatic rings. The summed E-state index contributed by atoms with van der Waals surface area (Å²) in [6, 6.07) is 5.87. The van der Waals surface area contributed by atoms with E-state index in [2.05, 4.69) is 36.8 Å². The zero-order chi connectivity index (χ0) is 13.0. The van der Waals surface area contributed by atoms with Gasteiger partial charge in [-0.1, -0.05) is 21.0 Å². The van der Waals surface area contributed by atoms with Gasteiger partial charge in [-0.05, 0) is 35.5 Å². The fourth-order valence-corrected chi connectivity index (χ4v) is 2.01. The molecule has 6 nitrogen and oxygen atoms in total. The zero-order valence-corrected chi connectivity index (χ0v) is 11.8. The molecule has 96 valence electrons. The topological polar surface area (TPSA) is 64.9 Å². The largest absolute Gasteiger partial charge is 0.496 e. The Kier molecular flexibility index (Phi) is 4.14. The highest BCUT2D eigenvalue weighted by Gasteiger charge is 2.07. The normalized spacial score (nSPS) is 10.4. The Bertz CT molecular complexity index is 528. The van der Waals surface area contributed by atoms with Crippen LogP contribution in [0.2, 0.25) is 0 Å². The first-order valence-electron chi connectivity index (χ1n) is 5.57. The summed E-state index contributed by atoms with van der Waals surface area (Å²) < 4.78 is 8.02. The molecule has 0 fully saturated rings. The highest BCUT2D eigenvalue weighted by molar-refractivity contribution is 9.10. The SMILES string of the molecule is CCn1nnnc1NCc1cc(Br)ccc1OC. The van der Waals surface area contributed by atoms with E-state index in [-0.39, 0.29) is 0 Å². The van der Waals surface area contributed by atoms with E-state index in [1.54, 1.807) is 11.8 Å². The van der Waals surface area contributed by atoms with Gasteiger partial charge in [-0.3, -0.25) is 0 Å². The minimum Gasteiger partial charge on any atom is -0.496 e. The van der Waals surface area contributed by atoms with Gasteiger partial charge in [0.25, 0.3) is 0 Å². The highest BCUT2D eigenvalue weighted by atomic mass is 79.9. The monoisotopic (exact) mass is 311 g/mol. The van der Waals surface area contributed by atoms with Gasteiger partial charge < -0.3 is 10.1 Å². The Hall–Kier alpha value is -1.63. The van der Waals surface area contributed by atoms with Crippen LogP contribution in [-0.4, -0.2) is 27.3 Å². The van der Waals surface area contributed by atoms with E-state index in [0.717, 1.165) is 22.3 Å². The lowest BCUT2D eigenvalue weighted by Crippen LogP contribution is -2.08. The first-order valence-corrected chi connectivity index (χ1v) is 6.36. The van der Waals surface area contributed by atoms with Crippen LogP contribution in [0.4, 0.5) is 5.95 Å². The van der Waals surface area contributed by atoms with Crippen LogP contribution < -0.4 is 10.1 Å². The van der Waals surface area contributed by atoms with Gasteiger partial charge >= 0.3 is 0 Å². The number of nitrogens with one attached hydrogen (secondary N) is 1. The predicted molar refractivity (Wildman–Crippen MR) is 71.5 cm³/mol. The third-order valence-electron chi connectivity index (χ3n) is 2.51. The van der Waals surface area contributed by atoms with Crippen molar-refractivity contribution >= 4 is 21.9 Å². The first kappa shape index (κ1) is 12.8. The van der Waals surface area contributed by atoms with Crippen molar-refractivity contribution in [2.24, 2.45) is 0 Å². The molecule has 18 heavy (non-hydrogen) atoms. The molecule has 1 aromatic carbocycles. The number of ether oxygens (including phenoxy) is 1. The third-order valence-corrected chi connectivity index (χ3v) is 3.00. The molecule has 0 aliphatic carbocycles. The van der Waals surface area contributed by atoms with Crippen molar-refractivity contribution in [2.75, 3.05) is 12.4 Å². The maximum atomic E-state index is 5.31. The van der Waals surface area contributed by atoms with Crippen molar-refractivity contribution in [1.82, 2.24) is 20.2 Å². The van der Waals surface area contributed by atoms with Crippen LogP contribution in [0.3, 0.4) is 0 Å². The van der Waals surface area contributed by atoms with E-state index in [1.807, 2.05) is 25.1 Å². The molecule has 0 unspecified atom stereocenters. The summed E-state index contributed by atoms with van der Waals surface area (Å²) in [6.07, 6.45) is 0. The van der Waals surface area contributed by atoms with E-state index >= 15 is 0 Å². The zero-order valence-electron chi connectivity index (χ0n) is 10.2. The minimum absolute atomic E-state index is 0.600. The molecule has 1 aromatic heterocycles. The molecule has 1 N–H and O–H groups in total. The van der Waals surface area contributed by atoms with Crippen molar-refractivity contribution in [3.8, 4) is 5.75 Å². The second kappa shape index (κ2) is 5.81. The quantitative estimate of drug-likeness (QED) is 0.916. The van der Waals surface area contributed by atoms with Gasteiger partial charge in [0.15, 0.2) is 0 Å². The average Bonchev–Trinajstić information content (AvgIpc) is 2.84. The number of tetrazole rings is 1. The first-order chi connectivity index (χ1) is 8.74. The van der Waals surface area contributed by atoms with Gasteiger partial charge in [0.1, 0.15) is 5.75 Å². The number of aryl methyl sites for hydroxylation is 1. The Morgan fingerprint density at radius 3 is 3.00 bits per heavy atom. The Balaban J connectivity index is 2.12. The maximum Gasteiger partial charge on any atom is 0.243 e. The second-order valence-electron chi connectivity index (χ2n) is 3.63. The number of halogens is 1. The standard InChI is InChI=1S/C11H14BrN5O/c1-3-17-11(14-15-16-17)13-7-8-6-9(12)4-5-10(8)18-2/h4-6H,3,7H2,1-2H3,(H,13,14,16). The molecule has 0 atom stereocenters. The molecule has 7 heteroatoms. The summed E-state index contributed by atoms with van der Waals surface area (Å²) in [4.78, 5) is 0. The van der Waals surface area contributed by atoms with Crippen molar-refractivity contribution in [3.63, 3.8) is 0 Å². The van der Waals surface area contributed by atoms with Crippen molar-refractivity contribution in [2.45, 2.75) is 20.0 Å². The van der Waals surface area contributed by atoms with Crippen molar-refractivity contribution in [3.05, 3.63) is 28.2 Å². The Labute approximate surface area is 113 Å². The van der Waals surface area contributed by atoms with Crippen LogP contribution in [-0.2, 0) is 13.1 Å². The number of hydrogen-bond acceptors (Lipinski definition) is 5. The number of aromatic nitrogens is 4. The van der Waals surface area contributed by atoms with Gasteiger partial charge in [-0.2, -0.15) is 0 Å². The van der Waals surface area contributed by atoms with E-state index in [0.29, 0.717) is 12.5 Å². The van der Waals surface area contributed by atoms with E-state index in [4.69, 9.17) is 4.74 Å². The van der Waals surface area contributed by atoms with Crippen LogP contribution in [0.1, 0.15) is 12.5 Å². The summed E-state index contributed by atoms with van der Waals surface area (Å²) in [6.45, 7) is 3.31. The molecule has 0 saturated carbocycles. The molecule has 0 spiro atoms. The summed E-state index contributed by atoms with van der Waals surface area (Å²) in [7, 11) is 1.66. The second-order valence-corrected chi connectivity index (χ2v) is 4.54. The predicted octanol–water partition coefficient (Wildman–Crippen LogP) is 2.08. The van der Waals surface area contributed by atoms with Crippen molar-refractivity contribution in [1.29, 1.82) is 0 Å². The van der Waals surface area contributed by atoms with Crippen LogP contribution in [0.15, 0.2) is 22.7 Å². The van der Waals surface area contributed by atoms with Gasteiger partial charge in [0, 0.05) is 23.1 Å². The van der Waals surface area contributed by atoms with E-state index < -0.39 is 0 Å². The van der Waals surface area contributed by atoms with E-state index in [1.165, 1.54) is 0 Å². The summed E-state index contributed by atoms with van der Waals surface area (Å²) in [5, 5.41) is 14.6. The fraction of sp³-hybridized carbons (Fsp3) is 0.364. The molecule has 0 amide bonds. The minimum atomic E-state index is 0.600. The summed E-state index contributed by atoms with van der Waals surface area (Å²) >= 11 is 3.44. The van der Waals surface area contributed by atoms with Gasteiger partial charge in [-0.25, -0.2) is 4.68 Å². The van der Waals surface area contributed by atoms with Crippen molar-refractivity contribution < 1.29 is 4.74 Å². The molecule has 0 aliphatic heterocycles. The van der Waals surface area contributed by atoms with Gasteiger partial charge in [-0.15, -0.1) is 0 Å². The highest BCUT2D eigenvalue weighted by Crippen LogP contribution is 2.23. The summed E-state index contributed by atoms with van der Waals surface area (Å²) in [5.74, 6) is 1.49. The van der Waals surface area contributed by atoms with Crippen LogP contribution in [0, 0.1) is 0 Å². The van der Waals surface area contributed by atoms with Gasteiger partial charge in [0.2, 0.25) is 5.95 Å². The number of nitrogens with zero attached hydrogens (tertiary/aromatic N) is 4. The lowest BCUT2D eigenvalue weighted by atomic mass is 10.2. The number of rotatable bonds is 5. The number of benzene rings is 1. The lowest BCUT2D eigenvalue weighted by molar-refractivity contribution is 0.410. The molecule has 1 heterocycles. The average molecular weight is 312 g/mol. The van der Waals surface area contributed by atoms with E-state index in [9.17, 15) is 0 Å². The molecule has 2 rings (SSSR count). The fourth-order valence-electron chi connectivity index (χ4n) is 1.60. The number of anilines is 1. The van der Waals surface area contributed by atoms with Crippen LogP contribution in [0.25, 0.3) is 0 Å². The lowest BCUT2D eigenvalue weighted by Gasteiger charge is -2.10. The molecular weight excluding hydrogens is 298 g/mol. The maximum absolute atomic E-state index is 5.31. The molecular formula is C11H14BrN5O. The van der Waals surface area contributed by atoms with Crippen LogP contribution in [0.5, 0.6) is 5.75 Å². The Morgan fingerprint density at radius 2 is 2.28 bits per heavy atom. The summed E-state index contributed by atoms with van der Waals surface area (Å²) in [5.41, 5.74) is 1.04. The molecule has 2 aromatic rings. The number of methoxy groups -OCH3 is 1. The van der Waals surface area contributed by atoms with Crippen LogP contribution >= 0.6 is 15.9 Å². The van der Waals surface area contributed by atoms with Gasteiger partial charge in [0.05, 0.1) is 7.11 Å². The third kappa shape index (κ3) is 2.79. The molecule has 0 saturated heterocycles. The smallest absolute Gasteiger partial charge is 0.243 e.